The zero-order valence-corrected chi connectivity index (χ0v) is 11.0. The summed E-state index contributed by atoms with van der Waals surface area (Å²) in [5.74, 6) is 0.748. The van der Waals surface area contributed by atoms with Crippen molar-refractivity contribution in [2.24, 2.45) is 5.92 Å². The van der Waals surface area contributed by atoms with Crippen LogP contribution in [-0.4, -0.2) is 36.5 Å². The van der Waals surface area contributed by atoms with Crippen molar-refractivity contribution in [2.75, 3.05) is 19.8 Å². The molecule has 96 valence electrons. The van der Waals surface area contributed by atoms with Gasteiger partial charge in [0.1, 0.15) is 0 Å². The first-order valence-electron chi connectivity index (χ1n) is 6.52. The summed E-state index contributed by atoms with van der Waals surface area (Å²) >= 11 is 0. The van der Waals surface area contributed by atoms with Crippen LogP contribution in [0.2, 0.25) is 0 Å². The smallest absolute Gasteiger partial charge is 0.0668 e. The molecule has 1 saturated carbocycles. The molecule has 3 heteroatoms. The Kier molecular flexibility index (Phi) is 5.73. The zero-order chi connectivity index (χ0) is 12.0. The minimum Gasteiger partial charge on any atom is -0.394 e. The van der Waals surface area contributed by atoms with Crippen LogP contribution in [0.15, 0.2) is 0 Å². The topological polar surface area (TPSA) is 41.5 Å². The number of aliphatic hydroxyl groups excluding tert-OH is 1. The van der Waals surface area contributed by atoms with E-state index >= 15 is 0 Å². The van der Waals surface area contributed by atoms with Crippen LogP contribution in [0.1, 0.15) is 46.5 Å². The van der Waals surface area contributed by atoms with E-state index in [0.717, 1.165) is 18.9 Å². The van der Waals surface area contributed by atoms with Crippen LogP contribution in [0.4, 0.5) is 0 Å². The molecule has 0 aromatic carbocycles. The first-order valence-corrected chi connectivity index (χ1v) is 6.52. The summed E-state index contributed by atoms with van der Waals surface area (Å²) < 4.78 is 5.65. The highest BCUT2D eigenvalue weighted by atomic mass is 16.5. The monoisotopic (exact) mass is 229 g/mol. The molecule has 0 spiro atoms. The van der Waals surface area contributed by atoms with Crippen molar-refractivity contribution in [1.29, 1.82) is 0 Å². The summed E-state index contributed by atoms with van der Waals surface area (Å²) in [6, 6.07) is 0.608. The number of nitrogens with one attached hydrogen (secondary N) is 1. The molecule has 0 aromatic rings. The third-order valence-corrected chi connectivity index (χ3v) is 2.97. The highest BCUT2D eigenvalue weighted by molar-refractivity contribution is 4.92. The molecule has 1 unspecified atom stereocenters. The van der Waals surface area contributed by atoms with Crippen LogP contribution in [0.3, 0.4) is 0 Å². The maximum absolute atomic E-state index is 9.36. The van der Waals surface area contributed by atoms with Crippen LogP contribution in [-0.2, 0) is 4.74 Å². The molecule has 0 aliphatic heterocycles. The van der Waals surface area contributed by atoms with Crippen LogP contribution in [0.25, 0.3) is 0 Å². The van der Waals surface area contributed by atoms with Gasteiger partial charge in [-0.2, -0.15) is 0 Å². The molecular formula is C13H27NO2. The molecule has 0 bridgehead atoms. The van der Waals surface area contributed by atoms with E-state index in [-0.39, 0.29) is 12.1 Å². The lowest BCUT2D eigenvalue weighted by atomic mass is 10.1. The van der Waals surface area contributed by atoms with Crippen LogP contribution in [0, 0.1) is 5.92 Å². The largest absolute Gasteiger partial charge is 0.394 e. The fraction of sp³-hybridized carbons (Fsp3) is 1.00. The molecule has 2 N–H and O–H groups in total. The molecule has 3 nitrogen and oxygen atoms in total. The molecule has 1 aliphatic rings. The van der Waals surface area contributed by atoms with Crippen molar-refractivity contribution >= 4 is 0 Å². The maximum Gasteiger partial charge on any atom is 0.0668 e. The minimum absolute atomic E-state index is 0.147. The van der Waals surface area contributed by atoms with Gasteiger partial charge >= 0.3 is 0 Å². The number of aliphatic hydroxyl groups is 1. The van der Waals surface area contributed by atoms with E-state index in [4.69, 9.17) is 4.74 Å². The molecule has 16 heavy (non-hydrogen) atoms. The van der Waals surface area contributed by atoms with Gasteiger partial charge in [0.25, 0.3) is 0 Å². The van der Waals surface area contributed by atoms with Crippen molar-refractivity contribution in [3.8, 4) is 0 Å². The van der Waals surface area contributed by atoms with E-state index in [1.54, 1.807) is 0 Å². The lowest BCUT2D eigenvalue weighted by Crippen LogP contribution is -2.50. The summed E-state index contributed by atoms with van der Waals surface area (Å²) in [5.41, 5.74) is -0.251. The molecule has 0 radical (unpaired) electrons. The number of rotatable bonds is 9. The van der Waals surface area contributed by atoms with E-state index < -0.39 is 0 Å². The first-order chi connectivity index (χ1) is 7.56. The van der Waals surface area contributed by atoms with Crippen LogP contribution in [0.5, 0.6) is 0 Å². The fourth-order valence-electron chi connectivity index (χ4n) is 1.74. The van der Waals surface area contributed by atoms with Crippen LogP contribution < -0.4 is 5.32 Å². The van der Waals surface area contributed by atoms with Gasteiger partial charge in [0.05, 0.1) is 18.8 Å². The molecule has 0 amide bonds. The summed E-state index contributed by atoms with van der Waals surface area (Å²) in [5, 5.41) is 12.8. The van der Waals surface area contributed by atoms with Gasteiger partial charge in [-0.05, 0) is 38.5 Å². The highest BCUT2D eigenvalue weighted by Gasteiger charge is 2.32. The van der Waals surface area contributed by atoms with Gasteiger partial charge < -0.3 is 15.2 Å². The standard InChI is InChI=1S/C13H27NO2/c1-11(2)5-4-8-16-10-13(3,9-15)14-12-6-7-12/h11-12,14-15H,4-10H2,1-3H3. The maximum atomic E-state index is 9.36. The van der Waals surface area contributed by atoms with Gasteiger partial charge in [-0.25, -0.2) is 0 Å². The summed E-state index contributed by atoms with van der Waals surface area (Å²) in [6.45, 7) is 8.05. The molecular weight excluding hydrogens is 202 g/mol. The molecule has 0 saturated heterocycles. The zero-order valence-electron chi connectivity index (χ0n) is 11.0. The predicted octanol–water partition coefficient (Wildman–Crippen LogP) is 1.94. The Bertz CT molecular complexity index is 192. The van der Waals surface area contributed by atoms with Crippen molar-refractivity contribution in [3.63, 3.8) is 0 Å². The Morgan fingerprint density at radius 2 is 2.12 bits per heavy atom. The van der Waals surface area contributed by atoms with E-state index in [0.29, 0.717) is 12.6 Å². The quantitative estimate of drug-likeness (QED) is 0.594. The first kappa shape index (κ1) is 13.9. The van der Waals surface area contributed by atoms with Gasteiger partial charge in [-0.15, -0.1) is 0 Å². The van der Waals surface area contributed by atoms with E-state index in [1.165, 1.54) is 19.3 Å². The Labute approximate surface area is 99.6 Å². The van der Waals surface area contributed by atoms with Crippen molar-refractivity contribution in [2.45, 2.75) is 58.0 Å². The normalized spacial score (nSPS) is 20.1. The van der Waals surface area contributed by atoms with E-state index in [1.807, 2.05) is 6.92 Å². The second-order valence-corrected chi connectivity index (χ2v) is 5.73. The average molecular weight is 229 g/mol. The summed E-state index contributed by atoms with van der Waals surface area (Å²) in [6.07, 6.45) is 4.81. The third kappa shape index (κ3) is 5.83. The highest BCUT2D eigenvalue weighted by Crippen LogP contribution is 2.22. The minimum atomic E-state index is -0.251. The SMILES string of the molecule is CC(C)CCCOCC(C)(CO)NC1CC1. The van der Waals surface area contributed by atoms with E-state index in [2.05, 4.69) is 19.2 Å². The summed E-state index contributed by atoms with van der Waals surface area (Å²) in [4.78, 5) is 0. The molecule has 1 aliphatic carbocycles. The number of hydrogen-bond acceptors (Lipinski definition) is 3. The third-order valence-electron chi connectivity index (χ3n) is 2.97. The Hall–Kier alpha value is -0.120. The predicted molar refractivity (Wildman–Crippen MR) is 66.5 cm³/mol. The molecule has 1 fully saturated rings. The van der Waals surface area contributed by atoms with Gasteiger partial charge in [0, 0.05) is 12.6 Å². The van der Waals surface area contributed by atoms with Crippen LogP contribution >= 0.6 is 0 Å². The Morgan fingerprint density at radius 3 is 2.62 bits per heavy atom. The van der Waals surface area contributed by atoms with Crippen molar-refractivity contribution in [1.82, 2.24) is 5.32 Å². The van der Waals surface area contributed by atoms with Gasteiger partial charge in [-0.1, -0.05) is 13.8 Å². The molecule has 1 rings (SSSR count). The van der Waals surface area contributed by atoms with E-state index in [9.17, 15) is 5.11 Å². The molecule has 1 atom stereocenters. The lowest BCUT2D eigenvalue weighted by Gasteiger charge is -2.28. The molecule has 0 heterocycles. The number of ether oxygens (including phenoxy) is 1. The fourth-order valence-corrected chi connectivity index (χ4v) is 1.74. The van der Waals surface area contributed by atoms with Crippen molar-refractivity contribution in [3.05, 3.63) is 0 Å². The Balaban J connectivity index is 2.07. The van der Waals surface area contributed by atoms with Gasteiger partial charge in [0.2, 0.25) is 0 Å². The number of hydrogen-bond donors (Lipinski definition) is 2. The second kappa shape index (κ2) is 6.58. The Morgan fingerprint density at radius 1 is 1.44 bits per heavy atom. The lowest BCUT2D eigenvalue weighted by molar-refractivity contribution is 0.0410. The summed E-state index contributed by atoms with van der Waals surface area (Å²) in [7, 11) is 0. The molecule has 0 aromatic heterocycles. The van der Waals surface area contributed by atoms with Gasteiger partial charge in [0.15, 0.2) is 0 Å². The van der Waals surface area contributed by atoms with Crippen molar-refractivity contribution < 1.29 is 9.84 Å². The van der Waals surface area contributed by atoms with Gasteiger partial charge in [-0.3, -0.25) is 0 Å². The second-order valence-electron chi connectivity index (χ2n) is 5.73. The average Bonchev–Trinajstić information content (AvgIpc) is 3.01.